The van der Waals surface area contributed by atoms with Gasteiger partial charge in [0.05, 0.1) is 31.5 Å². The highest BCUT2D eigenvalue weighted by atomic mass is 28.4. The first kappa shape index (κ1) is 17.4. The summed E-state index contributed by atoms with van der Waals surface area (Å²) < 4.78 is 20.9. The van der Waals surface area contributed by atoms with Gasteiger partial charge in [-0.05, 0) is 43.0 Å². The maximum absolute atomic E-state index is 5.40. The van der Waals surface area contributed by atoms with Gasteiger partial charge in [-0.25, -0.2) is 0 Å². The molecule has 0 aromatic heterocycles. The van der Waals surface area contributed by atoms with E-state index in [0.29, 0.717) is 12.5 Å². The summed E-state index contributed by atoms with van der Waals surface area (Å²) in [6, 6.07) is 4.35. The molecule has 5 heteroatoms. The number of benzene rings is 1. The van der Waals surface area contributed by atoms with Gasteiger partial charge in [0.1, 0.15) is 5.75 Å². The molecule has 0 heterocycles. The van der Waals surface area contributed by atoms with E-state index in [4.69, 9.17) is 37.3 Å². The van der Waals surface area contributed by atoms with Crippen molar-refractivity contribution in [2.75, 3.05) is 7.11 Å². The van der Waals surface area contributed by atoms with Crippen LogP contribution in [0.5, 0.6) is 5.75 Å². The van der Waals surface area contributed by atoms with E-state index in [1.165, 1.54) is 0 Å². The molecule has 0 radical (unpaired) electrons. The van der Waals surface area contributed by atoms with Crippen molar-refractivity contribution in [3.05, 3.63) is 28.8 Å². The van der Waals surface area contributed by atoms with E-state index in [2.05, 4.69) is 18.3 Å². The average molecular weight is 314 g/mol. The number of hydrogen-bond donors (Lipinski definition) is 0. The second-order valence-electron chi connectivity index (χ2n) is 4.59. The maximum atomic E-state index is 5.40. The lowest BCUT2D eigenvalue weighted by molar-refractivity contribution is 0.212. The van der Waals surface area contributed by atoms with Crippen molar-refractivity contribution in [2.24, 2.45) is 0 Å². The largest absolute Gasteiger partial charge is 0.725 e. The lowest BCUT2D eigenvalue weighted by Gasteiger charge is -2.21. The topological polar surface area (TPSA) is 36.9 Å². The van der Waals surface area contributed by atoms with Crippen molar-refractivity contribution < 1.29 is 18.0 Å². The molecule has 0 atom stereocenters. The summed E-state index contributed by atoms with van der Waals surface area (Å²) in [7, 11) is -1.69. The van der Waals surface area contributed by atoms with Crippen molar-refractivity contribution in [2.45, 2.75) is 26.3 Å². The molecule has 0 N–H and O–H groups in total. The predicted molar refractivity (Wildman–Crippen MR) is 86.5 cm³/mol. The Morgan fingerprint density at radius 3 is 1.91 bits per heavy atom. The van der Waals surface area contributed by atoms with Gasteiger partial charge in [-0.1, -0.05) is 25.3 Å². The second kappa shape index (κ2) is 7.93. The first-order valence-electron chi connectivity index (χ1n) is 6.56. The van der Waals surface area contributed by atoms with Gasteiger partial charge in [0.25, 0.3) is 0 Å². The number of rotatable bonds is 7. The van der Waals surface area contributed by atoms with Gasteiger partial charge in [-0.3, -0.25) is 0 Å². The number of methoxy groups -OCH3 is 1. The minimum absolute atomic E-state index is 0.338. The molecular weight excluding hydrogens is 296 g/mol. The zero-order chi connectivity index (χ0) is 16.6. The first-order chi connectivity index (χ1) is 10.5. The smallest absolute Gasteiger partial charge is 0.496 e. The van der Waals surface area contributed by atoms with Gasteiger partial charge in [-0.2, -0.15) is 0 Å². The molecule has 0 unspecified atom stereocenters. The van der Waals surface area contributed by atoms with E-state index in [1.54, 1.807) is 7.11 Å². The van der Waals surface area contributed by atoms with Crippen LogP contribution in [0.1, 0.15) is 16.7 Å². The minimum atomic E-state index is -3.31. The van der Waals surface area contributed by atoms with E-state index in [-0.39, 0.29) is 0 Å². The van der Waals surface area contributed by atoms with Crippen LogP contribution in [0.2, 0.25) is 6.04 Å². The molecule has 4 nitrogen and oxygen atoms in total. The Morgan fingerprint density at radius 1 is 0.955 bits per heavy atom. The van der Waals surface area contributed by atoms with Crippen LogP contribution >= 0.6 is 0 Å². The Labute approximate surface area is 133 Å². The Morgan fingerprint density at radius 2 is 1.45 bits per heavy atom. The molecule has 0 saturated heterocycles. The summed E-state index contributed by atoms with van der Waals surface area (Å²) in [5, 5.41) is 0. The molecule has 0 fully saturated rings. The van der Waals surface area contributed by atoms with E-state index in [1.807, 2.05) is 26.0 Å². The molecule has 1 aromatic rings. The van der Waals surface area contributed by atoms with Crippen LogP contribution in [0.4, 0.5) is 0 Å². The maximum Gasteiger partial charge on any atom is 0.725 e. The quantitative estimate of drug-likeness (QED) is 0.573. The van der Waals surface area contributed by atoms with Crippen molar-refractivity contribution in [3.63, 3.8) is 0 Å². The number of ether oxygens (including phenoxy) is 1. The van der Waals surface area contributed by atoms with Gasteiger partial charge < -0.3 is 18.0 Å². The molecule has 0 aliphatic rings. The van der Waals surface area contributed by atoms with Crippen molar-refractivity contribution >= 4 is 8.80 Å². The van der Waals surface area contributed by atoms with E-state index in [9.17, 15) is 0 Å². The van der Waals surface area contributed by atoms with Crippen molar-refractivity contribution in [1.82, 2.24) is 0 Å². The molecular formula is C17H18O4Si. The fraction of sp³-hybridized carbons (Fsp3) is 0.294. The Balaban J connectivity index is 3.03. The van der Waals surface area contributed by atoms with Crippen LogP contribution in [0.15, 0.2) is 12.1 Å². The molecule has 0 aliphatic carbocycles. The molecule has 1 aromatic carbocycles. The summed E-state index contributed by atoms with van der Waals surface area (Å²) in [5.41, 5.74) is 3.27. The Hall–Kier alpha value is -2.68. The van der Waals surface area contributed by atoms with Crippen LogP contribution < -0.4 is 4.74 Å². The fourth-order valence-corrected chi connectivity index (χ4v) is 3.55. The average Bonchev–Trinajstić information content (AvgIpc) is 2.49. The number of terminal acetylenes is 3. The third kappa shape index (κ3) is 4.15. The molecule has 0 saturated carbocycles. The summed E-state index contributed by atoms with van der Waals surface area (Å²) in [6.07, 6.45) is 22.3. The minimum Gasteiger partial charge on any atom is -0.496 e. The third-order valence-corrected chi connectivity index (χ3v) is 5.39. The third-order valence-electron chi connectivity index (χ3n) is 3.24. The fourth-order valence-electron chi connectivity index (χ4n) is 2.01. The zero-order valence-electron chi connectivity index (χ0n) is 12.9. The van der Waals surface area contributed by atoms with Crippen molar-refractivity contribution in [3.8, 4) is 43.3 Å². The molecule has 114 valence electrons. The van der Waals surface area contributed by atoms with Gasteiger partial charge in [0.15, 0.2) is 0 Å². The van der Waals surface area contributed by atoms with E-state index in [0.717, 1.165) is 22.4 Å². The van der Waals surface area contributed by atoms with Crippen LogP contribution in [-0.4, -0.2) is 15.9 Å². The van der Waals surface area contributed by atoms with Crippen molar-refractivity contribution in [1.29, 1.82) is 0 Å². The molecule has 0 amide bonds. The SMILES string of the molecule is C#CO[Si](CCc1cc(C)c(C)cc1OC)(OC#C)OC#C. The summed E-state index contributed by atoms with van der Waals surface area (Å²) in [4.78, 5) is 0. The summed E-state index contributed by atoms with van der Waals surface area (Å²) >= 11 is 0. The number of hydrogen-bond acceptors (Lipinski definition) is 4. The van der Waals surface area contributed by atoms with Crippen LogP contribution in [0, 0.1) is 51.4 Å². The highest BCUT2D eigenvalue weighted by molar-refractivity contribution is 6.61. The number of aryl methyl sites for hydroxylation is 3. The Bertz CT molecular complexity index is 606. The monoisotopic (exact) mass is 314 g/mol. The van der Waals surface area contributed by atoms with Gasteiger partial charge in [0, 0.05) is 0 Å². The van der Waals surface area contributed by atoms with E-state index >= 15 is 0 Å². The second-order valence-corrected chi connectivity index (χ2v) is 7.07. The van der Waals surface area contributed by atoms with Crippen LogP contribution in [0.3, 0.4) is 0 Å². The molecule has 0 aliphatic heterocycles. The normalized spacial score (nSPS) is 9.82. The lowest BCUT2D eigenvalue weighted by atomic mass is 10.0. The highest BCUT2D eigenvalue weighted by Gasteiger charge is 2.48. The molecule has 22 heavy (non-hydrogen) atoms. The first-order valence-corrected chi connectivity index (χ1v) is 8.50. The van der Waals surface area contributed by atoms with E-state index < -0.39 is 8.80 Å². The van der Waals surface area contributed by atoms with Gasteiger partial charge >= 0.3 is 8.80 Å². The summed E-state index contributed by atoms with van der Waals surface area (Å²) in [5.74, 6) is 0.771. The standard InChI is InChI=1S/C17H18O4Si/c1-7-19-22(20-8-2,21-9-3)11-10-16-12-14(4)15(5)13-17(16)18-6/h1-3,12-13H,10-11H2,4-6H3. The summed E-state index contributed by atoms with van der Waals surface area (Å²) in [6.45, 7) is 4.04. The van der Waals surface area contributed by atoms with Crippen LogP contribution in [0.25, 0.3) is 0 Å². The van der Waals surface area contributed by atoms with Crippen LogP contribution in [-0.2, 0) is 19.7 Å². The van der Waals surface area contributed by atoms with Gasteiger partial charge in [0.2, 0.25) is 0 Å². The molecule has 1 rings (SSSR count). The van der Waals surface area contributed by atoms with Gasteiger partial charge in [-0.15, -0.1) is 0 Å². The lowest BCUT2D eigenvalue weighted by Crippen LogP contribution is -2.42. The Kier molecular flexibility index (Phi) is 6.26. The highest BCUT2D eigenvalue weighted by Crippen LogP contribution is 2.27. The predicted octanol–water partition coefficient (Wildman–Crippen LogP) is 2.62. The molecule has 0 bridgehead atoms. The molecule has 0 spiro atoms. The zero-order valence-corrected chi connectivity index (χ0v) is 13.9.